The van der Waals surface area contributed by atoms with Gasteiger partial charge in [0.1, 0.15) is 18.2 Å². The molecule has 3 aromatic carbocycles. The number of methoxy groups -OCH3 is 1. The van der Waals surface area contributed by atoms with E-state index in [2.05, 4.69) is 46.1 Å². The number of carbonyl (C=O) groups is 2. The predicted octanol–water partition coefficient (Wildman–Crippen LogP) is 6.22. The third-order valence-corrected chi connectivity index (χ3v) is 6.05. The molecule has 8 heteroatoms. The molecule has 0 unspecified atom stereocenters. The van der Waals surface area contributed by atoms with E-state index in [9.17, 15) is 14.9 Å². The van der Waals surface area contributed by atoms with E-state index in [0.717, 1.165) is 20.3 Å². The summed E-state index contributed by atoms with van der Waals surface area (Å²) >= 11 is 2.14. The standard InChI is InChI=1S/C29H27IN2O5/c1-5-36-29(34)22-6-8-24(9-7-22)32-28(33)23(16-31)13-20-14-25(30)27(26(15-20)35-4)37-17-21-11-18(2)10-19(3)12-21/h6-15H,5,17H2,1-4H3,(H,32,33)/b23-13+. The van der Waals surface area contributed by atoms with E-state index >= 15 is 0 Å². The summed E-state index contributed by atoms with van der Waals surface area (Å²) in [6.45, 7) is 6.47. The van der Waals surface area contributed by atoms with Crippen molar-refractivity contribution >= 4 is 46.2 Å². The van der Waals surface area contributed by atoms with Crippen LogP contribution in [0.3, 0.4) is 0 Å². The van der Waals surface area contributed by atoms with Gasteiger partial charge >= 0.3 is 5.97 Å². The number of benzene rings is 3. The van der Waals surface area contributed by atoms with Crippen LogP contribution in [0.15, 0.2) is 60.2 Å². The second kappa shape index (κ2) is 12.9. The lowest BCUT2D eigenvalue weighted by atomic mass is 10.1. The second-order valence-electron chi connectivity index (χ2n) is 8.24. The van der Waals surface area contributed by atoms with Crippen molar-refractivity contribution in [2.45, 2.75) is 27.4 Å². The number of rotatable bonds is 9. The number of halogens is 1. The molecule has 0 aliphatic rings. The lowest BCUT2D eigenvalue weighted by Crippen LogP contribution is -2.13. The molecule has 1 N–H and O–H groups in total. The maximum absolute atomic E-state index is 12.7. The first-order valence-electron chi connectivity index (χ1n) is 11.5. The maximum Gasteiger partial charge on any atom is 0.338 e. The Balaban J connectivity index is 1.77. The molecule has 37 heavy (non-hydrogen) atoms. The van der Waals surface area contributed by atoms with E-state index in [1.807, 2.05) is 26.0 Å². The van der Waals surface area contributed by atoms with Crippen LogP contribution in [-0.4, -0.2) is 25.6 Å². The van der Waals surface area contributed by atoms with E-state index in [-0.39, 0.29) is 12.2 Å². The highest BCUT2D eigenvalue weighted by atomic mass is 127. The van der Waals surface area contributed by atoms with Crippen molar-refractivity contribution in [3.05, 3.63) is 91.6 Å². The summed E-state index contributed by atoms with van der Waals surface area (Å²) in [5, 5.41) is 12.3. The molecule has 190 valence electrons. The number of esters is 1. The molecule has 0 saturated carbocycles. The average molecular weight is 610 g/mol. The topological polar surface area (TPSA) is 97.7 Å². The van der Waals surface area contributed by atoms with Crippen molar-refractivity contribution in [2.24, 2.45) is 0 Å². The number of nitrogens with zero attached hydrogens (tertiary/aromatic N) is 1. The summed E-state index contributed by atoms with van der Waals surface area (Å²) in [6, 6.07) is 18.0. The third-order valence-electron chi connectivity index (χ3n) is 5.25. The molecular weight excluding hydrogens is 583 g/mol. The lowest BCUT2D eigenvalue weighted by molar-refractivity contribution is -0.112. The van der Waals surface area contributed by atoms with Crippen LogP contribution in [0.25, 0.3) is 6.08 Å². The lowest BCUT2D eigenvalue weighted by Gasteiger charge is -2.14. The van der Waals surface area contributed by atoms with E-state index in [4.69, 9.17) is 14.2 Å². The Hall–Kier alpha value is -3.84. The molecule has 0 bridgehead atoms. The van der Waals surface area contributed by atoms with Gasteiger partial charge in [0, 0.05) is 5.69 Å². The molecule has 3 rings (SSSR count). The summed E-state index contributed by atoms with van der Waals surface area (Å²) in [5.74, 6) is 0.0669. The minimum atomic E-state index is -0.574. The Morgan fingerprint density at radius 2 is 1.73 bits per heavy atom. The molecule has 0 heterocycles. The molecule has 7 nitrogen and oxygen atoms in total. The summed E-state index contributed by atoms with van der Waals surface area (Å²) in [4.78, 5) is 24.5. The summed E-state index contributed by atoms with van der Waals surface area (Å²) < 4.78 is 17.4. The van der Waals surface area contributed by atoms with Gasteiger partial charge in [-0.2, -0.15) is 5.26 Å². The van der Waals surface area contributed by atoms with Crippen LogP contribution in [-0.2, 0) is 16.1 Å². The van der Waals surface area contributed by atoms with Gasteiger partial charge < -0.3 is 19.5 Å². The number of nitriles is 1. The number of anilines is 1. The minimum Gasteiger partial charge on any atom is -0.493 e. The number of amides is 1. The Bertz CT molecular complexity index is 1350. The van der Waals surface area contributed by atoms with Crippen molar-refractivity contribution in [3.8, 4) is 17.6 Å². The Morgan fingerprint density at radius 3 is 2.32 bits per heavy atom. The average Bonchev–Trinajstić information content (AvgIpc) is 2.86. The monoisotopic (exact) mass is 610 g/mol. The zero-order chi connectivity index (χ0) is 26.9. The zero-order valence-electron chi connectivity index (χ0n) is 21.1. The zero-order valence-corrected chi connectivity index (χ0v) is 23.2. The number of nitrogens with one attached hydrogen (secondary N) is 1. The summed E-state index contributed by atoms with van der Waals surface area (Å²) in [5.41, 5.74) is 4.73. The quantitative estimate of drug-likeness (QED) is 0.134. The normalized spacial score (nSPS) is 10.9. The van der Waals surface area contributed by atoms with E-state index in [1.54, 1.807) is 44.4 Å². The first-order valence-corrected chi connectivity index (χ1v) is 12.6. The number of hydrogen-bond donors (Lipinski definition) is 1. The molecule has 0 atom stereocenters. The van der Waals surface area contributed by atoms with Crippen LogP contribution >= 0.6 is 22.6 Å². The van der Waals surface area contributed by atoms with Gasteiger partial charge in [-0.05, 0) is 97.0 Å². The van der Waals surface area contributed by atoms with Gasteiger partial charge in [0.05, 0.1) is 22.9 Å². The number of ether oxygens (including phenoxy) is 3. The fourth-order valence-electron chi connectivity index (χ4n) is 3.69. The Morgan fingerprint density at radius 1 is 1.05 bits per heavy atom. The predicted molar refractivity (Wildman–Crippen MR) is 151 cm³/mol. The highest BCUT2D eigenvalue weighted by molar-refractivity contribution is 14.1. The van der Waals surface area contributed by atoms with Gasteiger partial charge in [-0.1, -0.05) is 29.3 Å². The summed E-state index contributed by atoms with van der Waals surface area (Å²) in [6.07, 6.45) is 1.49. The summed E-state index contributed by atoms with van der Waals surface area (Å²) in [7, 11) is 1.54. The fourth-order valence-corrected chi connectivity index (χ4v) is 4.47. The largest absolute Gasteiger partial charge is 0.493 e. The Labute approximate surface area is 230 Å². The second-order valence-corrected chi connectivity index (χ2v) is 9.40. The van der Waals surface area contributed by atoms with E-state index < -0.39 is 11.9 Å². The molecular formula is C29H27IN2O5. The number of carbonyl (C=O) groups excluding carboxylic acids is 2. The molecule has 0 aliphatic carbocycles. The minimum absolute atomic E-state index is 0.0868. The van der Waals surface area contributed by atoms with Gasteiger partial charge in [0.25, 0.3) is 5.91 Å². The first kappa shape index (κ1) is 27.7. The maximum atomic E-state index is 12.7. The van der Waals surface area contributed by atoms with Crippen LogP contribution < -0.4 is 14.8 Å². The molecule has 0 aromatic heterocycles. The first-order chi connectivity index (χ1) is 17.7. The molecule has 0 spiro atoms. The number of hydrogen-bond acceptors (Lipinski definition) is 6. The van der Waals surface area contributed by atoms with Crippen LogP contribution in [0.1, 0.15) is 39.5 Å². The van der Waals surface area contributed by atoms with Crippen molar-refractivity contribution in [2.75, 3.05) is 19.0 Å². The van der Waals surface area contributed by atoms with Crippen LogP contribution in [0.5, 0.6) is 11.5 Å². The van der Waals surface area contributed by atoms with Gasteiger partial charge in [-0.15, -0.1) is 0 Å². The van der Waals surface area contributed by atoms with Crippen molar-refractivity contribution in [1.29, 1.82) is 5.26 Å². The van der Waals surface area contributed by atoms with Crippen molar-refractivity contribution in [3.63, 3.8) is 0 Å². The van der Waals surface area contributed by atoms with E-state index in [1.165, 1.54) is 6.08 Å². The van der Waals surface area contributed by atoms with Gasteiger partial charge in [-0.3, -0.25) is 4.79 Å². The van der Waals surface area contributed by atoms with Crippen LogP contribution in [0.2, 0.25) is 0 Å². The SMILES string of the molecule is CCOC(=O)c1ccc(NC(=O)/C(C#N)=C/c2cc(I)c(OCc3cc(C)cc(C)c3)c(OC)c2)cc1. The molecule has 0 aliphatic heterocycles. The van der Waals surface area contributed by atoms with Crippen LogP contribution in [0, 0.1) is 28.7 Å². The molecule has 0 radical (unpaired) electrons. The van der Waals surface area contributed by atoms with Gasteiger partial charge in [-0.25, -0.2) is 4.79 Å². The number of aryl methyl sites for hydroxylation is 2. The smallest absolute Gasteiger partial charge is 0.338 e. The van der Waals surface area contributed by atoms with Crippen molar-refractivity contribution in [1.82, 2.24) is 0 Å². The van der Waals surface area contributed by atoms with Crippen LogP contribution in [0.4, 0.5) is 5.69 Å². The highest BCUT2D eigenvalue weighted by Gasteiger charge is 2.15. The third kappa shape index (κ3) is 7.57. The molecule has 0 saturated heterocycles. The van der Waals surface area contributed by atoms with Crippen molar-refractivity contribution < 1.29 is 23.8 Å². The fraction of sp³-hybridized carbons (Fsp3) is 0.207. The molecule has 1 amide bonds. The molecule has 0 fully saturated rings. The van der Waals surface area contributed by atoms with Gasteiger partial charge in [0.2, 0.25) is 0 Å². The molecule has 3 aromatic rings. The van der Waals surface area contributed by atoms with Gasteiger partial charge in [0.15, 0.2) is 11.5 Å². The highest BCUT2D eigenvalue weighted by Crippen LogP contribution is 2.35. The van der Waals surface area contributed by atoms with E-state index in [0.29, 0.717) is 34.9 Å². The Kier molecular flexibility index (Phi) is 9.69.